The van der Waals surface area contributed by atoms with Crippen LogP contribution in [0.3, 0.4) is 0 Å². The molecule has 5 nitrogen and oxygen atoms in total. The van der Waals surface area contributed by atoms with Crippen molar-refractivity contribution < 1.29 is 13.9 Å². The SMILES string of the molecule is Cc1cc(F)ccc1NC(=O)c1cc2n(n1)C[C@H](c1ccc(Cl)cc1)OC2. The Morgan fingerprint density at radius 1 is 1.26 bits per heavy atom. The summed E-state index contributed by atoms with van der Waals surface area (Å²) in [7, 11) is 0. The van der Waals surface area contributed by atoms with Crippen LogP contribution in [0.1, 0.15) is 33.4 Å². The van der Waals surface area contributed by atoms with E-state index < -0.39 is 0 Å². The van der Waals surface area contributed by atoms with Crippen LogP contribution in [-0.4, -0.2) is 15.7 Å². The third-order valence-electron chi connectivity index (χ3n) is 4.55. The molecule has 1 aliphatic heterocycles. The molecule has 0 radical (unpaired) electrons. The van der Waals surface area contributed by atoms with E-state index in [2.05, 4.69) is 10.4 Å². The molecule has 1 atom stereocenters. The van der Waals surface area contributed by atoms with Crippen molar-refractivity contribution in [2.75, 3.05) is 5.32 Å². The average Bonchev–Trinajstić information content (AvgIpc) is 3.08. The van der Waals surface area contributed by atoms with E-state index in [0.717, 1.165) is 11.3 Å². The quantitative estimate of drug-likeness (QED) is 0.721. The Bertz CT molecular complexity index is 1000. The number of carbonyl (C=O) groups is 1. The number of aromatic nitrogens is 2. The molecule has 4 rings (SSSR count). The second-order valence-electron chi connectivity index (χ2n) is 6.47. The lowest BCUT2D eigenvalue weighted by Crippen LogP contribution is -2.22. The Balaban J connectivity index is 1.51. The predicted octanol–water partition coefficient (Wildman–Crippen LogP) is 4.51. The lowest BCUT2D eigenvalue weighted by molar-refractivity contribution is -0.00118. The van der Waals surface area contributed by atoms with Gasteiger partial charge in [-0.15, -0.1) is 0 Å². The highest BCUT2D eigenvalue weighted by atomic mass is 35.5. The molecule has 2 aromatic carbocycles. The van der Waals surface area contributed by atoms with E-state index in [1.807, 2.05) is 24.3 Å². The van der Waals surface area contributed by atoms with Gasteiger partial charge in [-0.05, 0) is 54.4 Å². The van der Waals surface area contributed by atoms with Gasteiger partial charge in [0.25, 0.3) is 5.91 Å². The van der Waals surface area contributed by atoms with Gasteiger partial charge in [-0.3, -0.25) is 9.48 Å². The summed E-state index contributed by atoms with van der Waals surface area (Å²) >= 11 is 5.93. The molecule has 0 fully saturated rings. The molecule has 7 heteroatoms. The minimum absolute atomic E-state index is 0.148. The molecule has 1 aliphatic rings. The number of rotatable bonds is 3. The van der Waals surface area contributed by atoms with Crippen molar-refractivity contribution >= 4 is 23.2 Å². The van der Waals surface area contributed by atoms with E-state index >= 15 is 0 Å². The van der Waals surface area contributed by atoms with Crippen molar-refractivity contribution in [1.29, 1.82) is 0 Å². The number of halogens is 2. The number of benzene rings is 2. The smallest absolute Gasteiger partial charge is 0.276 e. The molecule has 1 aromatic heterocycles. The van der Waals surface area contributed by atoms with Crippen LogP contribution in [0, 0.1) is 12.7 Å². The summed E-state index contributed by atoms with van der Waals surface area (Å²) in [6.45, 7) is 2.62. The van der Waals surface area contributed by atoms with Crippen LogP contribution in [0.2, 0.25) is 5.02 Å². The number of amides is 1. The fraction of sp³-hybridized carbons (Fsp3) is 0.200. The van der Waals surface area contributed by atoms with Crippen molar-refractivity contribution in [3.8, 4) is 0 Å². The number of nitrogens with one attached hydrogen (secondary N) is 1. The van der Waals surface area contributed by atoms with Crippen LogP contribution in [-0.2, 0) is 17.9 Å². The molecule has 1 amide bonds. The summed E-state index contributed by atoms with van der Waals surface area (Å²) in [4.78, 5) is 12.5. The van der Waals surface area contributed by atoms with Crippen LogP contribution in [0.5, 0.6) is 0 Å². The van der Waals surface area contributed by atoms with Crippen molar-refractivity contribution in [3.63, 3.8) is 0 Å². The lowest BCUT2D eigenvalue weighted by atomic mass is 10.1. The second kappa shape index (κ2) is 7.13. The van der Waals surface area contributed by atoms with Crippen LogP contribution in [0.25, 0.3) is 0 Å². The van der Waals surface area contributed by atoms with E-state index in [1.54, 1.807) is 17.7 Å². The molecular formula is C20H17ClFN3O2. The maximum Gasteiger partial charge on any atom is 0.276 e. The van der Waals surface area contributed by atoms with Gasteiger partial charge in [-0.25, -0.2) is 4.39 Å². The zero-order valence-corrected chi connectivity index (χ0v) is 15.3. The maximum absolute atomic E-state index is 13.2. The summed E-state index contributed by atoms with van der Waals surface area (Å²) in [5, 5.41) is 7.86. The van der Waals surface area contributed by atoms with Crippen molar-refractivity contribution in [2.45, 2.75) is 26.2 Å². The summed E-state index contributed by atoms with van der Waals surface area (Å²) < 4.78 is 20.9. The number of carbonyl (C=O) groups excluding carboxylic acids is 1. The van der Waals surface area contributed by atoms with Gasteiger partial charge in [0.1, 0.15) is 11.9 Å². The molecule has 0 saturated heterocycles. The minimum atomic E-state index is -0.339. The van der Waals surface area contributed by atoms with Crippen molar-refractivity contribution in [3.05, 3.63) is 81.9 Å². The van der Waals surface area contributed by atoms with Gasteiger partial charge in [0.15, 0.2) is 5.69 Å². The third kappa shape index (κ3) is 3.72. The topological polar surface area (TPSA) is 56.2 Å². The van der Waals surface area contributed by atoms with E-state index in [4.69, 9.17) is 16.3 Å². The van der Waals surface area contributed by atoms with Gasteiger partial charge in [0, 0.05) is 10.7 Å². The van der Waals surface area contributed by atoms with Crippen LogP contribution in [0.15, 0.2) is 48.5 Å². The first-order valence-corrected chi connectivity index (χ1v) is 8.89. The van der Waals surface area contributed by atoms with Crippen LogP contribution >= 0.6 is 11.6 Å². The molecule has 0 saturated carbocycles. The van der Waals surface area contributed by atoms with E-state index in [9.17, 15) is 9.18 Å². The number of aryl methyl sites for hydroxylation is 1. The Labute approximate surface area is 160 Å². The van der Waals surface area contributed by atoms with Gasteiger partial charge < -0.3 is 10.1 Å². The third-order valence-corrected chi connectivity index (χ3v) is 4.80. The van der Waals surface area contributed by atoms with Gasteiger partial charge in [-0.1, -0.05) is 23.7 Å². The number of fused-ring (bicyclic) bond motifs is 1. The van der Waals surface area contributed by atoms with Gasteiger partial charge >= 0.3 is 0 Å². The largest absolute Gasteiger partial charge is 0.365 e. The predicted molar refractivity (Wildman–Crippen MR) is 100 cm³/mol. The van der Waals surface area contributed by atoms with Crippen molar-refractivity contribution in [2.24, 2.45) is 0 Å². The lowest BCUT2D eigenvalue weighted by Gasteiger charge is -2.24. The number of ether oxygens (including phenoxy) is 1. The monoisotopic (exact) mass is 385 g/mol. The maximum atomic E-state index is 13.2. The molecule has 0 aliphatic carbocycles. The zero-order chi connectivity index (χ0) is 19.0. The molecule has 0 spiro atoms. The summed E-state index contributed by atoms with van der Waals surface area (Å²) in [5.74, 6) is -0.678. The van der Waals surface area contributed by atoms with Crippen LogP contribution < -0.4 is 5.32 Å². The molecule has 0 unspecified atom stereocenters. The molecule has 2 heterocycles. The van der Waals surface area contributed by atoms with E-state index in [1.165, 1.54) is 18.2 Å². The molecule has 138 valence electrons. The standard InChI is InChI=1S/C20H17ClFN3O2/c1-12-8-15(22)6-7-17(12)23-20(26)18-9-16-11-27-19(10-25(16)24-18)13-2-4-14(21)5-3-13/h2-9,19H,10-11H2,1H3,(H,23,26)/t19-/m1/s1. The zero-order valence-electron chi connectivity index (χ0n) is 14.6. The highest BCUT2D eigenvalue weighted by Crippen LogP contribution is 2.27. The Morgan fingerprint density at radius 3 is 2.78 bits per heavy atom. The number of nitrogens with zero attached hydrogens (tertiary/aromatic N) is 2. The first-order chi connectivity index (χ1) is 13.0. The fourth-order valence-electron chi connectivity index (χ4n) is 3.07. The summed E-state index contributed by atoms with van der Waals surface area (Å²) in [5.41, 5.74) is 3.35. The second-order valence-corrected chi connectivity index (χ2v) is 6.90. The molecule has 0 bridgehead atoms. The first kappa shape index (κ1) is 17.7. The Morgan fingerprint density at radius 2 is 2.04 bits per heavy atom. The van der Waals surface area contributed by atoms with Gasteiger partial charge in [-0.2, -0.15) is 5.10 Å². The van der Waals surface area contributed by atoms with Crippen LogP contribution in [0.4, 0.5) is 10.1 Å². The molecule has 27 heavy (non-hydrogen) atoms. The summed E-state index contributed by atoms with van der Waals surface area (Å²) in [6.07, 6.45) is -0.148. The molecule has 1 N–H and O–H groups in total. The average molecular weight is 386 g/mol. The minimum Gasteiger partial charge on any atom is -0.365 e. The molecular weight excluding hydrogens is 369 g/mol. The first-order valence-electron chi connectivity index (χ1n) is 8.51. The highest BCUT2D eigenvalue weighted by molar-refractivity contribution is 6.30. The van der Waals surface area contributed by atoms with Crippen molar-refractivity contribution in [1.82, 2.24) is 9.78 Å². The number of anilines is 1. The fourth-order valence-corrected chi connectivity index (χ4v) is 3.20. The Kier molecular flexibility index (Phi) is 4.68. The summed E-state index contributed by atoms with van der Waals surface area (Å²) in [6, 6.07) is 13.4. The molecule has 3 aromatic rings. The number of hydrogen-bond acceptors (Lipinski definition) is 3. The Hall–Kier alpha value is -2.70. The van der Waals surface area contributed by atoms with Gasteiger partial charge in [0.2, 0.25) is 0 Å². The van der Waals surface area contributed by atoms with E-state index in [0.29, 0.717) is 35.1 Å². The van der Waals surface area contributed by atoms with Gasteiger partial charge in [0.05, 0.1) is 18.8 Å². The highest BCUT2D eigenvalue weighted by Gasteiger charge is 2.24. The normalized spacial score (nSPS) is 16.0. The number of hydrogen-bond donors (Lipinski definition) is 1. The van der Waals surface area contributed by atoms with E-state index in [-0.39, 0.29) is 17.8 Å².